The van der Waals surface area contributed by atoms with Crippen molar-refractivity contribution in [1.82, 2.24) is 4.90 Å². The second-order valence-corrected chi connectivity index (χ2v) is 10.6. The molecular weight excluding hydrogens is 563 g/mol. The van der Waals surface area contributed by atoms with E-state index in [1.54, 1.807) is 4.90 Å². The highest BCUT2D eigenvalue weighted by molar-refractivity contribution is 6.38. The molecule has 1 spiro atoms. The molecule has 2 aromatic carbocycles. The number of halogens is 8. The molecule has 14 heteroatoms. The number of rotatable bonds is 1. The van der Waals surface area contributed by atoms with Crippen molar-refractivity contribution in [2.24, 2.45) is 11.8 Å². The van der Waals surface area contributed by atoms with E-state index in [4.69, 9.17) is 23.2 Å². The zero-order chi connectivity index (χ0) is 27.5. The highest BCUT2D eigenvalue weighted by atomic mass is 35.5. The lowest BCUT2D eigenvalue weighted by atomic mass is 9.75. The molecule has 0 aromatic heterocycles. The molecule has 0 aliphatic carbocycles. The minimum absolute atomic E-state index is 0.0817. The summed E-state index contributed by atoms with van der Waals surface area (Å²) in [5.74, 6) is -5.29. The average molecular weight is 578 g/mol. The van der Waals surface area contributed by atoms with Crippen LogP contribution in [0, 0.1) is 11.8 Å². The van der Waals surface area contributed by atoms with Crippen LogP contribution in [0.25, 0.3) is 0 Å². The number of hydrogen-bond acceptors (Lipinski definition) is 4. The van der Waals surface area contributed by atoms with Crippen molar-refractivity contribution in [3.63, 3.8) is 0 Å². The van der Waals surface area contributed by atoms with Crippen LogP contribution in [-0.2, 0) is 32.3 Å². The molecule has 4 aliphatic heterocycles. The minimum Gasteiger partial charge on any atom is -0.323 e. The van der Waals surface area contributed by atoms with Gasteiger partial charge in [-0.05, 0) is 49.7 Å². The normalized spacial score (nSPS) is 28.8. The van der Waals surface area contributed by atoms with Crippen molar-refractivity contribution in [2.75, 3.05) is 16.8 Å². The molecule has 4 aliphatic rings. The summed E-state index contributed by atoms with van der Waals surface area (Å²) in [6.45, 7) is 0.330. The van der Waals surface area contributed by atoms with Gasteiger partial charge in [0.05, 0.1) is 39.4 Å². The number of fused-ring (bicyclic) bond motifs is 7. The molecule has 2 aromatic rings. The topological polar surface area (TPSA) is 69.7 Å². The molecule has 200 valence electrons. The largest absolute Gasteiger partial charge is 0.416 e. The second-order valence-electron chi connectivity index (χ2n) is 9.71. The quantitative estimate of drug-likeness (QED) is 0.361. The smallest absolute Gasteiger partial charge is 0.323 e. The highest BCUT2D eigenvalue weighted by Gasteiger charge is 2.75. The summed E-state index contributed by atoms with van der Waals surface area (Å²) < 4.78 is 81.1. The molecule has 4 heterocycles. The average Bonchev–Trinajstić information content (AvgIpc) is 3.51. The van der Waals surface area contributed by atoms with E-state index in [2.05, 4.69) is 5.32 Å². The maximum Gasteiger partial charge on any atom is 0.416 e. The first-order chi connectivity index (χ1) is 17.7. The third kappa shape index (κ3) is 3.23. The van der Waals surface area contributed by atoms with E-state index in [-0.39, 0.29) is 27.4 Å². The summed E-state index contributed by atoms with van der Waals surface area (Å²) in [4.78, 5) is 43.3. The molecule has 3 saturated heterocycles. The van der Waals surface area contributed by atoms with Crippen LogP contribution < -0.4 is 10.2 Å². The summed E-state index contributed by atoms with van der Waals surface area (Å²) in [5.41, 5.74) is -5.53. The molecule has 4 unspecified atom stereocenters. The number of benzene rings is 2. The Morgan fingerprint density at radius 1 is 0.895 bits per heavy atom. The van der Waals surface area contributed by atoms with E-state index in [1.165, 1.54) is 12.1 Å². The predicted octanol–water partition coefficient (Wildman–Crippen LogP) is 5.46. The molecule has 3 fully saturated rings. The molecule has 0 saturated carbocycles. The fraction of sp³-hybridized carbons (Fsp3) is 0.375. The van der Waals surface area contributed by atoms with Crippen LogP contribution in [0.4, 0.5) is 37.7 Å². The van der Waals surface area contributed by atoms with Gasteiger partial charge >= 0.3 is 12.4 Å². The monoisotopic (exact) mass is 577 g/mol. The maximum absolute atomic E-state index is 13.9. The number of amides is 3. The zero-order valence-electron chi connectivity index (χ0n) is 18.9. The van der Waals surface area contributed by atoms with Gasteiger partial charge in [-0.15, -0.1) is 0 Å². The van der Waals surface area contributed by atoms with E-state index < -0.39 is 70.3 Å². The van der Waals surface area contributed by atoms with Crippen LogP contribution in [-0.4, -0.2) is 35.2 Å². The minimum atomic E-state index is -5.18. The van der Waals surface area contributed by atoms with Gasteiger partial charge in [0.2, 0.25) is 11.8 Å². The molecule has 6 nitrogen and oxygen atoms in total. The summed E-state index contributed by atoms with van der Waals surface area (Å²) >= 11 is 12.5. The molecule has 38 heavy (non-hydrogen) atoms. The third-order valence-electron chi connectivity index (χ3n) is 7.85. The van der Waals surface area contributed by atoms with Crippen LogP contribution >= 0.6 is 23.2 Å². The Hall–Kier alpha value is -2.83. The lowest BCUT2D eigenvalue weighted by Crippen LogP contribution is -2.54. The van der Waals surface area contributed by atoms with Gasteiger partial charge in [0.25, 0.3) is 5.91 Å². The predicted molar refractivity (Wildman–Crippen MR) is 122 cm³/mol. The van der Waals surface area contributed by atoms with Gasteiger partial charge < -0.3 is 5.32 Å². The van der Waals surface area contributed by atoms with Gasteiger partial charge in [-0.3, -0.25) is 19.3 Å². The Balaban J connectivity index is 1.55. The van der Waals surface area contributed by atoms with Crippen molar-refractivity contribution in [2.45, 2.75) is 36.8 Å². The summed E-state index contributed by atoms with van der Waals surface area (Å²) in [7, 11) is 0. The first kappa shape index (κ1) is 25.4. The number of hydrogen-bond donors (Lipinski definition) is 1. The Morgan fingerprint density at radius 3 is 2.13 bits per heavy atom. The van der Waals surface area contributed by atoms with E-state index in [0.29, 0.717) is 36.4 Å². The SMILES string of the molecule is O=C1C2C3CCCN3C3(C(=O)Nc4c(Cl)cc(Cl)cc43)C2C(=O)N1c1cc(C(F)(F)F)cc(C(F)(F)F)c1. The Labute approximate surface area is 220 Å². The molecule has 3 amide bonds. The fourth-order valence-electron chi connectivity index (χ4n) is 6.55. The van der Waals surface area contributed by atoms with Gasteiger partial charge in [0.1, 0.15) is 5.54 Å². The van der Waals surface area contributed by atoms with E-state index in [1.807, 2.05) is 0 Å². The lowest BCUT2D eigenvalue weighted by Gasteiger charge is -2.36. The van der Waals surface area contributed by atoms with Gasteiger partial charge in [-0.25, -0.2) is 4.90 Å². The van der Waals surface area contributed by atoms with Crippen LogP contribution in [0.5, 0.6) is 0 Å². The summed E-state index contributed by atoms with van der Waals surface area (Å²) in [6.07, 6.45) is -9.42. The van der Waals surface area contributed by atoms with E-state index in [0.717, 1.165) is 0 Å². The number of imide groups is 1. The molecule has 0 radical (unpaired) electrons. The summed E-state index contributed by atoms with van der Waals surface area (Å²) in [6, 6.07) is 2.75. The Kier molecular flexibility index (Phi) is 5.26. The second kappa shape index (κ2) is 7.86. The fourth-order valence-corrected chi connectivity index (χ4v) is 7.09. The summed E-state index contributed by atoms with van der Waals surface area (Å²) in [5, 5.41) is 2.87. The first-order valence-electron chi connectivity index (χ1n) is 11.4. The van der Waals surface area contributed by atoms with Crippen LogP contribution in [0.15, 0.2) is 30.3 Å². The van der Waals surface area contributed by atoms with Crippen molar-refractivity contribution < 1.29 is 40.7 Å². The van der Waals surface area contributed by atoms with Crippen molar-refractivity contribution in [3.8, 4) is 0 Å². The third-order valence-corrected chi connectivity index (χ3v) is 8.37. The Bertz CT molecular complexity index is 1410. The molecule has 0 bridgehead atoms. The van der Waals surface area contributed by atoms with Crippen molar-refractivity contribution in [3.05, 3.63) is 57.1 Å². The number of nitrogens with one attached hydrogen (secondary N) is 1. The maximum atomic E-state index is 13.9. The van der Waals surface area contributed by atoms with Crippen LogP contribution in [0.1, 0.15) is 29.5 Å². The van der Waals surface area contributed by atoms with Crippen molar-refractivity contribution in [1.29, 1.82) is 0 Å². The number of alkyl halides is 6. The number of carbonyl (C=O) groups excluding carboxylic acids is 3. The molecular formula is C24H15Cl2F6N3O3. The number of anilines is 2. The highest BCUT2D eigenvalue weighted by Crippen LogP contribution is 2.62. The molecule has 4 atom stereocenters. The molecule has 6 rings (SSSR count). The van der Waals surface area contributed by atoms with Crippen LogP contribution in [0.2, 0.25) is 10.0 Å². The van der Waals surface area contributed by atoms with Crippen LogP contribution in [0.3, 0.4) is 0 Å². The van der Waals surface area contributed by atoms with Crippen molar-refractivity contribution >= 4 is 52.3 Å². The lowest BCUT2D eigenvalue weighted by molar-refractivity contribution is -0.143. The van der Waals surface area contributed by atoms with E-state index in [9.17, 15) is 40.7 Å². The van der Waals surface area contributed by atoms with E-state index >= 15 is 0 Å². The number of carbonyl (C=O) groups is 3. The van der Waals surface area contributed by atoms with Gasteiger partial charge in [-0.1, -0.05) is 23.2 Å². The van der Waals surface area contributed by atoms with Gasteiger partial charge in [-0.2, -0.15) is 26.3 Å². The molecule has 1 N–H and O–H groups in total. The standard InChI is InChI=1S/C24H15Cl2F6N3O3/c25-11-7-13-18(14(26)8-11)33-21(38)22(13)17-16(15-2-1-3-34(15)22)19(36)35(20(17)37)12-5-9(23(27,28)29)4-10(6-12)24(30,31)32/h4-8,15-17H,1-3H2,(H,33,38). The zero-order valence-corrected chi connectivity index (χ0v) is 20.4. The first-order valence-corrected chi connectivity index (χ1v) is 12.2. The van der Waals surface area contributed by atoms with Gasteiger partial charge in [0.15, 0.2) is 0 Å². The number of nitrogens with zero attached hydrogens (tertiary/aromatic N) is 2. The Morgan fingerprint density at radius 2 is 1.53 bits per heavy atom. The van der Waals surface area contributed by atoms with Gasteiger partial charge in [0, 0.05) is 16.6 Å².